The van der Waals surface area contributed by atoms with Gasteiger partial charge >= 0.3 is 0 Å². The number of carbonyl (C=O) groups excluding carboxylic acids is 1. The molecule has 8 nitrogen and oxygen atoms in total. The number of hydrogen-bond donors (Lipinski definition) is 2. The Morgan fingerprint density at radius 2 is 2.08 bits per heavy atom. The topological polar surface area (TPSA) is 108 Å². The molecule has 1 aliphatic rings. The first-order valence-corrected chi connectivity index (χ1v) is 8.09. The van der Waals surface area contributed by atoms with Crippen molar-refractivity contribution in [3.63, 3.8) is 0 Å². The van der Waals surface area contributed by atoms with Gasteiger partial charge < -0.3 is 15.8 Å². The van der Waals surface area contributed by atoms with Crippen LogP contribution in [0.25, 0.3) is 5.69 Å². The van der Waals surface area contributed by atoms with Crippen molar-refractivity contribution in [2.75, 3.05) is 19.8 Å². The highest BCUT2D eigenvalue weighted by atomic mass is 16.5. The maximum absolute atomic E-state index is 12.8. The molecule has 1 unspecified atom stereocenters. The fraction of sp³-hybridized carbons (Fsp3) is 0.500. The van der Waals surface area contributed by atoms with Gasteiger partial charge in [-0.15, -0.1) is 5.10 Å². The van der Waals surface area contributed by atoms with E-state index >= 15 is 0 Å². The van der Waals surface area contributed by atoms with Gasteiger partial charge in [-0.05, 0) is 42.3 Å². The first-order chi connectivity index (χ1) is 11.7. The Bertz CT molecular complexity index is 681. The van der Waals surface area contributed by atoms with Gasteiger partial charge in [0.15, 0.2) is 5.82 Å². The third kappa shape index (κ3) is 3.15. The molecule has 3 N–H and O–H groups in total. The molecule has 0 bridgehead atoms. The van der Waals surface area contributed by atoms with Gasteiger partial charge in [0.1, 0.15) is 0 Å². The Balaban J connectivity index is 1.77. The standard InChI is InChI=1S/C16H22N6O2/c1-12(18-15(23)16(11-17)7-9-24-10-8-16)14-19-20-21-22(14)13-5-3-2-4-6-13/h2-6,12H,7-11,17H2,1H3,(H,18,23). The molecule has 24 heavy (non-hydrogen) atoms. The highest BCUT2D eigenvalue weighted by Gasteiger charge is 2.39. The highest BCUT2D eigenvalue weighted by molar-refractivity contribution is 5.83. The maximum Gasteiger partial charge on any atom is 0.228 e. The third-order valence-corrected chi connectivity index (χ3v) is 4.55. The van der Waals surface area contributed by atoms with Gasteiger partial charge in [-0.3, -0.25) is 4.79 Å². The lowest BCUT2D eigenvalue weighted by molar-refractivity contribution is -0.136. The van der Waals surface area contributed by atoms with E-state index in [2.05, 4.69) is 20.8 Å². The second-order valence-electron chi connectivity index (χ2n) is 6.08. The minimum atomic E-state index is -0.572. The number of ether oxygens (including phenoxy) is 1. The van der Waals surface area contributed by atoms with Crippen LogP contribution in [0.5, 0.6) is 0 Å². The Morgan fingerprint density at radius 1 is 1.38 bits per heavy atom. The number of aromatic nitrogens is 4. The summed E-state index contributed by atoms with van der Waals surface area (Å²) in [6.45, 7) is 3.28. The van der Waals surface area contributed by atoms with Crippen LogP contribution in [0.15, 0.2) is 30.3 Å². The summed E-state index contributed by atoms with van der Waals surface area (Å²) in [7, 11) is 0. The van der Waals surface area contributed by atoms with Crippen LogP contribution in [0.4, 0.5) is 0 Å². The average Bonchev–Trinajstić information content (AvgIpc) is 3.13. The zero-order valence-electron chi connectivity index (χ0n) is 13.7. The molecule has 1 aromatic heterocycles. The molecular weight excluding hydrogens is 308 g/mol. The SMILES string of the molecule is CC(NC(=O)C1(CN)CCOCC1)c1nnnn1-c1ccccc1. The fourth-order valence-electron chi connectivity index (χ4n) is 2.92. The van der Waals surface area contributed by atoms with Crippen molar-refractivity contribution >= 4 is 5.91 Å². The molecule has 8 heteroatoms. The largest absolute Gasteiger partial charge is 0.381 e. The summed E-state index contributed by atoms with van der Waals surface area (Å²) in [5.41, 5.74) is 6.17. The van der Waals surface area contributed by atoms with Crippen molar-refractivity contribution < 1.29 is 9.53 Å². The van der Waals surface area contributed by atoms with E-state index in [-0.39, 0.29) is 11.9 Å². The molecule has 2 heterocycles. The average molecular weight is 330 g/mol. The molecular formula is C16H22N6O2. The van der Waals surface area contributed by atoms with Crippen LogP contribution in [-0.2, 0) is 9.53 Å². The molecule has 0 aliphatic carbocycles. The number of rotatable bonds is 5. The van der Waals surface area contributed by atoms with Crippen LogP contribution in [0.2, 0.25) is 0 Å². The van der Waals surface area contributed by atoms with E-state index < -0.39 is 5.41 Å². The van der Waals surface area contributed by atoms with Crippen molar-refractivity contribution in [3.8, 4) is 5.69 Å². The molecule has 0 spiro atoms. The van der Waals surface area contributed by atoms with Crippen molar-refractivity contribution in [2.45, 2.75) is 25.8 Å². The molecule has 3 rings (SSSR count). The van der Waals surface area contributed by atoms with Gasteiger partial charge in [-0.25, -0.2) is 0 Å². The number of nitrogens with one attached hydrogen (secondary N) is 1. The summed E-state index contributed by atoms with van der Waals surface area (Å²) < 4.78 is 6.99. The van der Waals surface area contributed by atoms with Crippen molar-refractivity contribution in [1.82, 2.24) is 25.5 Å². The molecule has 0 saturated carbocycles. The molecule has 2 aromatic rings. The first kappa shape index (κ1) is 16.5. The molecule has 0 radical (unpaired) electrons. The van der Waals surface area contributed by atoms with Crippen LogP contribution in [0.3, 0.4) is 0 Å². The number of amides is 1. The highest BCUT2D eigenvalue weighted by Crippen LogP contribution is 2.30. The number of para-hydroxylation sites is 1. The fourth-order valence-corrected chi connectivity index (χ4v) is 2.92. The second-order valence-corrected chi connectivity index (χ2v) is 6.08. The third-order valence-electron chi connectivity index (χ3n) is 4.55. The van der Waals surface area contributed by atoms with E-state index in [1.54, 1.807) is 4.68 Å². The number of nitrogens with two attached hydrogens (primary N) is 1. The monoisotopic (exact) mass is 330 g/mol. The van der Waals surface area contributed by atoms with E-state index in [4.69, 9.17) is 10.5 Å². The predicted octanol–water partition coefficient (Wildman–Crippen LogP) is 0.595. The number of tetrazole rings is 1. The lowest BCUT2D eigenvalue weighted by Gasteiger charge is -2.35. The summed E-state index contributed by atoms with van der Waals surface area (Å²) in [5, 5.41) is 14.9. The summed E-state index contributed by atoms with van der Waals surface area (Å²) >= 11 is 0. The second kappa shape index (κ2) is 7.06. The Labute approximate surface area is 140 Å². The van der Waals surface area contributed by atoms with Crippen LogP contribution in [0, 0.1) is 5.41 Å². The Kier molecular flexibility index (Phi) is 4.86. The van der Waals surface area contributed by atoms with Gasteiger partial charge in [0.05, 0.1) is 17.1 Å². The first-order valence-electron chi connectivity index (χ1n) is 8.09. The van der Waals surface area contributed by atoms with Gasteiger partial charge in [0.25, 0.3) is 0 Å². The zero-order chi connectivity index (χ0) is 17.0. The zero-order valence-corrected chi connectivity index (χ0v) is 13.7. The molecule has 1 fully saturated rings. The van der Waals surface area contributed by atoms with Crippen molar-refractivity contribution in [1.29, 1.82) is 0 Å². The Morgan fingerprint density at radius 3 is 2.75 bits per heavy atom. The van der Waals surface area contributed by atoms with Gasteiger partial charge in [-0.1, -0.05) is 18.2 Å². The summed E-state index contributed by atoms with van der Waals surface area (Å²) in [5.74, 6) is 0.511. The van der Waals surface area contributed by atoms with Crippen molar-refractivity contribution in [2.24, 2.45) is 11.1 Å². The summed E-state index contributed by atoms with van der Waals surface area (Å²) in [4.78, 5) is 12.8. The van der Waals surface area contributed by atoms with E-state index in [9.17, 15) is 4.79 Å². The van der Waals surface area contributed by atoms with Gasteiger partial charge in [0, 0.05) is 19.8 Å². The minimum Gasteiger partial charge on any atom is -0.381 e. The molecule has 1 aromatic carbocycles. The normalized spacial score (nSPS) is 18.1. The lowest BCUT2D eigenvalue weighted by Crippen LogP contribution is -2.49. The number of carbonyl (C=O) groups is 1. The van der Waals surface area contributed by atoms with Crippen molar-refractivity contribution in [3.05, 3.63) is 36.2 Å². The van der Waals surface area contributed by atoms with E-state index in [0.717, 1.165) is 5.69 Å². The molecule has 1 saturated heterocycles. The smallest absolute Gasteiger partial charge is 0.228 e. The van der Waals surface area contributed by atoms with Crippen LogP contribution >= 0.6 is 0 Å². The van der Waals surface area contributed by atoms with E-state index in [0.29, 0.717) is 38.4 Å². The van der Waals surface area contributed by atoms with Crippen LogP contribution in [0.1, 0.15) is 31.6 Å². The predicted molar refractivity (Wildman–Crippen MR) is 87.3 cm³/mol. The lowest BCUT2D eigenvalue weighted by atomic mass is 9.79. The summed E-state index contributed by atoms with van der Waals surface area (Å²) in [6.07, 6.45) is 1.26. The van der Waals surface area contributed by atoms with E-state index in [1.165, 1.54) is 0 Å². The molecule has 1 atom stereocenters. The minimum absolute atomic E-state index is 0.0663. The van der Waals surface area contributed by atoms with Crippen LogP contribution in [-0.4, -0.2) is 45.9 Å². The Hall–Kier alpha value is -2.32. The van der Waals surface area contributed by atoms with Crippen LogP contribution < -0.4 is 11.1 Å². The number of benzene rings is 1. The maximum atomic E-state index is 12.8. The number of nitrogens with zero attached hydrogens (tertiary/aromatic N) is 4. The summed E-state index contributed by atoms with van der Waals surface area (Å²) in [6, 6.07) is 9.24. The molecule has 128 valence electrons. The quantitative estimate of drug-likeness (QED) is 0.831. The number of hydrogen-bond acceptors (Lipinski definition) is 6. The van der Waals surface area contributed by atoms with Gasteiger partial charge in [-0.2, -0.15) is 4.68 Å². The van der Waals surface area contributed by atoms with Gasteiger partial charge in [0.2, 0.25) is 5.91 Å². The van der Waals surface area contributed by atoms with E-state index in [1.807, 2.05) is 37.3 Å². The molecule has 1 amide bonds. The molecule has 1 aliphatic heterocycles.